The Balaban J connectivity index is 1.68. The Bertz CT molecular complexity index is 1690. The Kier molecular flexibility index (Phi) is 20.8. The van der Waals surface area contributed by atoms with Crippen LogP contribution in [0.2, 0.25) is 0 Å². The van der Waals surface area contributed by atoms with Crippen LogP contribution >= 0.6 is 0 Å². The quantitative estimate of drug-likeness (QED) is 0.133. The second kappa shape index (κ2) is 25.0. The number of rotatable bonds is 14. The summed E-state index contributed by atoms with van der Waals surface area (Å²) in [7, 11) is 6.43. The van der Waals surface area contributed by atoms with Crippen LogP contribution < -0.4 is 10.1 Å². The molecule has 0 aromatic heterocycles. The number of hydrogen-bond acceptors (Lipinski definition) is 17. The number of allylic oxidation sites excluding steroid dienone is 3. The summed E-state index contributed by atoms with van der Waals surface area (Å²) in [5.74, 6) is -3.09. The van der Waals surface area contributed by atoms with E-state index in [9.17, 15) is 34.8 Å². The molecule has 0 bridgehead atoms. The molecule has 0 spiro atoms. The first-order valence-electron chi connectivity index (χ1n) is 22.4. The number of methoxy groups -OCH3 is 2. The highest BCUT2D eigenvalue weighted by atomic mass is 16.7. The largest absolute Gasteiger partial charge is 0.462 e. The predicted octanol–water partition coefficient (Wildman–Crippen LogP) is 3.40. The molecule has 17 nitrogen and oxygen atoms in total. The second-order valence-electron chi connectivity index (χ2n) is 17.8. The van der Waals surface area contributed by atoms with Gasteiger partial charge in [0.2, 0.25) is 0 Å². The molecule has 2 saturated heterocycles. The van der Waals surface area contributed by atoms with Gasteiger partial charge in [-0.2, -0.15) is 0 Å². The van der Waals surface area contributed by atoms with Crippen molar-refractivity contribution >= 4 is 23.4 Å². The molecule has 0 aliphatic carbocycles. The van der Waals surface area contributed by atoms with Crippen molar-refractivity contribution in [2.24, 2.45) is 23.7 Å². The van der Waals surface area contributed by atoms with Gasteiger partial charge < -0.3 is 68.5 Å². The van der Waals surface area contributed by atoms with Crippen LogP contribution in [-0.2, 0) is 47.5 Å². The number of cyclic esters (lactones) is 1. The monoisotopic (exact) mass is 907 g/mol. The van der Waals surface area contributed by atoms with Crippen molar-refractivity contribution in [3.63, 3.8) is 0 Å². The molecule has 0 saturated carbocycles. The molecule has 3 aliphatic heterocycles. The number of nitrogens with zero attached hydrogens (tertiary/aromatic N) is 1. The summed E-state index contributed by atoms with van der Waals surface area (Å²) in [6.45, 7) is 12.4. The Morgan fingerprint density at radius 2 is 1.52 bits per heavy atom. The number of ether oxygens (including phenoxy) is 8. The van der Waals surface area contributed by atoms with Crippen LogP contribution in [0.4, 0.5) is 5.69 Å². The molecular weight excluding hydrogens is 833 g/mol. The summed E-state index contributed by atoms with van der Waals surface area (Å²) in [5.41, 5.74) is 1.47. The number of carbonyl (C=O) groups is 3. The molecule has 1 aromatic carbocycles. The van der Waals surface area contributed by atoms with Crippen LogP contribution in [0.1, 0.15) is 74.1 Å². The highest BCUT2D eigenvalue weighted by molar-refractivity contribution is 5.91. The lowest BCUT2D eigenvalue weighted by Gasteiger charge is -2.46. The average molecular weight is 907 g/mol. The van der Waals surface area contributed by atoms with E-state index < -0.39 is 122 Å². The van der Waals surface area contributed by atoms with E-state index in [2.05, 4.69) is 5.32 Å². The van der Waals surface area contributed by atoms with Crippen LogP contribution in [-0.4, -0.2) is 164 Å². The zero-order valence-electron chi connectivity index (χ0n) is 39.3. The molecule has 4 rings (SSSR count). The van der Waals surface area contributed by atoms with Gasteiger partial charge in [-0.3, -0.25) is 14.4 Å². The first-order valence-corrected chi connectivity index (χ1v) is 22.4. The van der Waals surface area contributed by atoms with Gasteiger partial charge in [-0.25, -0.2) is 0 Å². The van der Waals surface area contributed by atoms with Gasteiger partial charge in [0.1, 0.15) is 36.3 Å². The van der Waals surface area contributed by atoms with E-state index in [-0.39, 0.29) is 12.4 Å². The first kappa shape index (κ1) is 53.3. The van der Waals surface area contributed by atoms with Crippen LogP contribution in [0.25, 0.3) is 0 Å². The van der Waals surface area contributed by atoms with Gasteiger partial charge in [0, 0.05) is 51.1 Å². The molecule has 0 unspecified atom stereocenters. The molecule has 64 heavy (non-hydrogen) atoms. The molecule has 362 valence electrons. The van der Waals surface area contributed by atoms with Gasteiger partial charge >= 0.3 is 11.9 Å². The van der Waals surface area contributed by atoms with Crippen LogP contribution in [0, 0.1) is 23.7 Å². The molecule has 5 N–H and O–H groups in total. The number of carbonyl (C=O) groups excluding carboxylic acids is 3. The minimum atomic E-state index is -1.30. The third-order valence-corrected chi connectivity index (χ3v) is 12.7. The van der Waals surface area contributed by atoms with Crippen molar-refractivity contribution in [1.82, 2.24) is 4.90 Å². The molecule has 3 aliphatic rings. The Labute approximate surface area is 378 Å². The van der Waals surface area contributed by atoms with Crippen molar-refractivity contribution in [1.29, 1.82) is 0 Å². The zero-order valence-corrected chi connectivity index (χ0v) is 39.3. The minimum Gasteiger partial charge on any atom is -0.462 e. The summed E-state index contributed by atoms with van der Waals surface area (Å²) in [6.07, 6.45) is -5.30. The highest BCUT2D eigenvalue weighted by Crippen LogP contribution is 2.35. The molecule has 0 radical (unpaired) electrons. The van der Waals surface area contributed by atoms with Crippen molar-refractivity contribution in [2.45, 2.75) is 154 Å². The molecule has 17 atom stereocenters. The van der Waals surface area contributed by atoms with Crippen LogP contribution in [0.5, 0.6) is 5.75 Å². The number of aliphatic hydroxyl groups is 4. The fourth-order valence-corrected chi connectivity index (χ4v) is 8.90. The van der Waals surface area contributed by atoms with Crippen molar-refractivity contribution in [2.75, 3.05) is 46.8 Å². The molecule has 3 heterocycles. The number of hydrogen-bond donors (Lipinski definition) is 5. The standard InChI is InChI=1S/C47H74N2O15/c1-12-37-32(24-59-47-45(58-11)44(57-10)41(55)29(6)61-47)21-25(2)13-18-35(51)26(3)22-31(19-20-48-33-14-16-34(17-15-33)62-30(7)50)43(27(4)36(52)23-38(53)63-37)64-46-42(56)39(49(8)9)40(54)28(5)60-46/h13-18,21,26-29,31-32,36-37,39-48,52,54-56H,12,19-20,22-24H2,1-11H3/b18-13+,25-21+/t26-,27+,28-,29-,31+,32-,36-,37-,39+,40-,41-,42-,43-,44-,45-,46+,47-/m1/s1. The van der Waals surface area contributed by atoms with E-state index in [1.54, 1.807) is 70.1 Å². The number of likely N-dealkylation sites (N-methyl/N-ethyl adjacent to an activating group) is 1. The molecular formula is C47H74N2O15. The lowest BCUT2D eigenvalue weighted by atomic mass is 9.79. The summed E-state index contributed by atoms with van der Waals surface area (Å²) >= 11 is 0. The molecule has 1 aromatic rings. The average Bonchev–Trinajstić information content (AvgIpc) is 3.24. The topological polar surface area (TPSA) is 221 Å². The van der Waals surface area contributed by atoms with Gasteiger partial charge in [-0.1, -0.05) is 38.5 Å². The highest BCUT2D eigenvalue weighted by Gasteiger charge is 2.48. The van der Waals surface area contributed by atoms with Crippen LogP contribution in [0.3, 0.4) is 0 Å². The maximum absolute atomic E-state index is 13.9. The van der Waals surface area contributed by atoms with Crippen molar-refractivity contribution < 1.29 is 72.7 Å². The van der Waals surface area contributed by atoms with Crippen molar-refractivity contribution in [3.05, 3.63) is 48.1 Å². The number of anilines is 1. The Morgan fingerprint density at radius 1 is 0.875 bits per heavy atom. The van der Waals surface area contributed by atoms with E-state index in [0.29, 0.717) is 37.1 Å². The van der Waals surface area contributed by atoms with Gasteiger partial charge in [0.05, 0.1) is 49.6 Å². The van der Waals surface area contributed by atoms with E-state index in [0.717, 1.165) is 5.69 Å². The van der Waals surface area contributed by atoms with Gasteiger partial charge in [-0.05, 0) is 90.4 Å². The van der Waals surface area contributed by atoms with Crippen molar-refractivity contribution in [3.8, 4) is 5.75 Å². The molecule has 2 fully saturated rings. The maximum atomic E-state index is 13.9. The maximum Gasteiger partial charge on any atom is 0.308 e. The number of aliphatic hydroxyl groups excluding tert-OH is 4. The van der Waals surface area contributed by atoms with Gasteiger partial charge in [-0.15, -0.1) is 0 Å². The molecule has 17 heteroatoms. The van der Waals surface area contributed by atoms with E-state index >= 15 is 0 Å². The summed E-state index contributed by atoms with van der Waals surface area (Å²) < 4.78 is 47.6. The van der Waals surface area contributed by atoms with E-state index in [1.807, 2.05) is 26.8 Å². The van der Waals surface area contributed by atoms with E-state index in [1.165, 1.54) is 27.2 Å². The summed E-state index contributed by atoms with van der Waals surface area (Å²) in [6, 6.07) is 6.16. The normalized spacial score (nSPS) is 38.5. The number of nitrogens with one attached hydrogen (secondary N) is 1. The lowest BCUT2D eigenvalue weighted by molar-refractivity contribution is -0.304. The van der Waals surface area contributed by atoms with Gasteiger partial charge in [0.15, 0.2) is 18.4 Å². The fourth-order valence-electron chi connectivity index (χ4n) is 8.90. The van der Waals surface area contributed by atoms with Gasteiger partial charge in [0.25, 0.3) is 0 Å². The number of esters is 2. The predicted molar refractivity (Wildman–Crippen MR) is 236 cm³/mol. The Hall–Kier alpha value is -3.33. The zero-order chi connectivity index (χ0) is 47.4. The minimum absolute atomic E-state index is 0.0107. The third-order valence-electron chi connectivity index (χ3n) is 12.7. The second-order valence-corrected chi connectivity index (χ2v) is 17.8. The third kappa shape index (κ3) is 14.3. The smallest absolute Gasteiger partial charge is 0.308 e. The van der Waals surface area contributed by atoms with Crippen LogP contribution in [0.15, 0.2) is 48.1 Å². The summed E-state index contributed by atoms with van der Waals surface area (Å²) in [4.78, 5) is 41.0. The molecule has 0 amide bonds. The van der Waals surface area contributed by atoms with E-state index in [4.69, 9.17) is 37.9 Å². The SMILES string of the molecule is CC[C@H]1OC(=O)C[C@@H](O)[C@H](C)[C@@H](O[C@@H]2O[C@H](C)[C@@H](O)[C@H](N(C)C)[C@H]2O)[C@@H](CCNc2ccc(OC(C)=O)cc2)C[C@@H](C)C(=O)/C=C/C(C)=C/[C@@H]1CO[C@@H]1O[C@H](C)[C@@H](O)[C@@H](OC)[C@H]1OC. The summed E-state index contributed by atoms with van der Waals surface area (Å²) in [5, 5.41) is 48.6. The number of ketones is 1. The lowest BCUT2D eigenvalue weighted by Crippen LogP contribution is -2.63. The number of benzene rings is 1. The Morgan fingerprint density at radius 3 is 2.12 bits per heavy atom. The fraction of sp³-hybridized carbons (Fsp3) is 0.723. The first-order chi connectivity index (χ1) is 30.3.